The topological polar surface area (TPSA) is 110 Å². The van der Waals surface area contributed by atoms with Gasteiger partial charge in [-0.15, -0.1) is 0 Å². The summed E-state index contributed by atoms with van der Waals surface area (Å²) < 4.78 is 59.3. The van der Waals surface area contributed by atoms with Gasteiger partial charge in [-0.3, -0.25) is 4.55 Å². The Morgan fingerprint density at radius 2 is 1.80 bits per heavy atom. The highest BCUT2D eigenvalue weighted by Crippen LogP contribution is 2.26. The van der Waals surface area contributed by atoms with E-state index in [4.69, 9.17) is 4.55 Å². The number of hydrogen-bond acceptors (Lipinski definition) is 6. The lowest BCUT2D eigenvalue weighted by atomic mass is 10.1. The molecule has 0 unspecified atom stereocenters. The first-order valence-electron chi connectivity index (χ1n) is 5.36. The van der Waals surface area contributed by atoms with Crippen LogP contribution in [-0.4, -0.2) is 28.4 Å². The van der Waals surface area contributed by atoms with E-state index >= 15 is 0 Å². The van der Waals surface area contributed by atoms with Crippen molar-refractivity contribution in [2.24, 2.45) is 0 Å². The fourth-order valence-corrected chi connectivity index (χ4v) is 3.29. The molecule has 0 saturated heterocycles. The Balaban J connectivity index is 2.73. The fourth-order valence-electron chi connectivity index (χ4n) is 1.77. The van der Waals surface area contributed by atoms with Crippen LogP contribution in [0.1, 0.15) is 0 Å². The molecule has 0 aliphatic rings. The molecular formula is C11H11NO6S2. The number of rotatable bonds is 4. The zero-order chi connectivity index (χ0) is 15.0. The summed E-state index contributed by atoms with van der Waals surface area (Å²) in [6.07, 6.45) is 0. The standard InChI is InChI=1S/C11H11NO6S2/c1-12-18-20(16,17)11-4-2-3-8-7-9(19(13,14)15)5-6-10(8)11/h2-7,12H,1H3,(H,13,14,15). The third-order valence-electron chi connectivity index (χ3n) is 2.57. The van der Waals surface area contributed by atoms with E-state index in [1.54, 1.807) is 0 Å². The van der Waals surface area contributed by atoms with Crippen molar-refractivity contribution in [3.8, 4) is 0 Å². The predicted octanol–water partition coefficient (Wildman–Crippen LogP) is 0.926. The van der Waals surface area contributed by atoms with Crippen LogP contribution in [0.4, 0.5) is 0 Å². The molecule has 0 spiro atoms. The number of hydrogen-bond donors (Lipinski definition) is 2. The maximum atomic E-state index is 11.9. The third kappa shape index (κ3) is 2.81. The third-order valence-corrected chi connectivity index (χ3v) is 4.70. The van der Waals surface area contributed by atoms with Crippen LogP contribution in [0.3, 0.4) is 0 Å². The summed E-state index contributed by atoms with van der Waals surface area (Å²) in [6.45, 7) is 0. The average molecular weight is 317 g/mol. The van der Waals surface area contributed by atoms with Crippen molar-refractivity contribution in [1.29, 1.82) is 0 Å². The molecule has 0 aliphatic carbocycles. The van der Waals surface area contributed by atoms with Gasteiger partial charge in [0.2, 0.25) is 0 Å². The number of fused-ring (bicyclic) bond motifs is 1. The van der Waals surface area contributed by atoms with Gasteiger partial charge < -0.3 is 0 Å². The molecule has 20 heavy (non-hydrogen) atoms. The predicted molar refractivity (Wildman–Crippen MR) is 71.1 cm³/mol. The van der Waals surface area contributed by atoms with E-state index in [0.717, 1.165) is 6.07 Å². The zero-order valence-electron chi connectivity index (χ0n) is 10.3. The van der Waals surface area contributed by atoms with E-state index in [-0.39, 0.29) is 15.2 Å². The minimum atomic E-state index is -4.35. The molecule has 9 heteroatoms. The van der Waals surface area contributed by atoms with Crippen molar-refractivity contribution in [2.75, 3.05) is 7.05 Å². The molecule has 2 N–H and O–H groups in total. The summed E-state index contributed by atoms with van der Waals surface area (Å²) in [4.78, 5) is -0.416. The van der Waals surface area contributed by atoms with Crippen molar-refractivity contribution >= 4 is 31.0 Å². The molecule has 0 heterocycles. The van der Waals surface area contributed by atoms with E-state index < -0.39 is 20.2 Å². The van der Waals surface area contributed by atoms with E-state index in [1.807, 2.05) is 0 Å². The van der Waals surface area contributed by atoms with E-state index in [0.29, 0.717) is 5.39 Å². The van der Waals surface area contributed by atoms with Crippen molar-refractivity contribution in [1.82, 2.24) is 5.48 Å². The smallest absolute Gasteiger partial charge is 0.282 e. The first kappa shape index (κ1) is 14.9. The fraction of sp³-hybridized carbons (Fsp3) is 0.0909. The van der Waals surface area contributed by atoms with Crippen LogP contribution in [0.25, 0.3) is 10.8 Å². The van der Waals surface area contributed by atoms with Crippen LogP contribution in [0.2, 0.25) is 0 Å². The molecule has 2 aromatic rings. The van der Waals surface area contributed by atoms with Gasteiger partial charge in [-0.2, -0.15) is 26.6 Å². The van der Waals surface area contributed by atoms with Crippen molar-refractivity contribution in [3.63, 3.8) is 0 Å². The summed E-state index contributed by atoms with van der Waals surface area (Å²) in [5.74, 6) is 0. The lowest BCUT2D eigenvalue weighted by Gasteiger charge is -2.08. The van der Waals surface area contributed by atoms with Gasteiger partial charge in [-0.1, -0.05) is 18.2 Å². The monoisotopic (exact) mass is 317 g/mol. The van der Waals surface area contributed by atoms with Crippen LogP contribution in [0, 0.1) is 0 Å². The van der Waals surface area contributed by atoms with Crippen molar-refractivity contribution < 1.29 is 25.7 Å². The maximum absolute atomic E-state index is 11.9. The van der Waals surface area contributed by atoms with Crippen LogP contribution in [0.5, 0.6) is 0 Å². The van der Waals surface area contributed by atoms with E-state index in [1.165, 1.54) is 37.4 Å². The minimum Gasteiger partial charge on any atom is -0.282 e. The van der Waals surface area contributed by atoms with Gasteiger partial charge in [0.15, 0.2) is 0 Å². The highest BCUT2D eigenvalue weighted by molar-refractivity contribution is 7.87. The van der Waals surface area contributed by atoms with Gasteiger partial charge in [0.25, 0.3) is 10.1 Å². The molecule has 0 atom stereocenters. The van der Waals surface area contributed by atoms with Gasteiger partial charge in [0, 0.05) is 12.4 Å². The number of hydroxylamine groups is 1. The summed E-state index contributed by atoms with van der Waals surface area (Å²) in [5, 5.41) is 0.635. The average Bonchev–Trinajstić information content (AvgIpc) is 2.36. The molecular weight excluding hydrogens is 306 g/mol. The molecule has 0 saturated carbocycles. The molecule has 2 aromatic carbocycles. The lowest BCUT2D eigenvalue weighted by molar-refractivity contribution is 0.231. The summed E-state index contributed by atoms with van der Waals surface area (Å²) >= 11 is 0. The number of nitrogens with one attached hydrogen (secondary N) is 1. The Labute approximate surface area is 116 Å². The van der Waals surface area contributed by atoms with Gasteiger partial charge in [-0.05, 0) is 23.6 Å². The van der Waals surface area contributed by atoms with Crippen molar-refractivity contribution in [2.45, 2.75) is 9.79 Å². The lowest BCUT2D eigenvalue weighted by Crippen LogP contribution is -2.16. The Kier molecular flexibility index (Phi) is 3.80. The van der Waals surface area contributed by atoms with Crippen LogP contribution < -0.4 is 5.48 Å². The molecule has 108 valence electrons. The second kappa shape index (κ2) is 5.11. The largest absolute Gasteiger partial charge is 0.313 e. The second-order valence-corrected chi connectivity index (χ2v) is 6.79. The van der Waals surface area contributed by atoms with E-state index in [2.05, 4.69) is 9.76 Å². The highest BCUT2D eigenvalue weighted by Gasteiger charge is 2.19. The van der Waals surface area contributed by atoms with Gasteiger partial charge in [-0.25, -0.2) is 0 Å². The van der Waals surface area contributed by atoms with Crippen LogP contribution >= 0.6 is 0 Å². The highest BCUT2D eigenvalue weighted by atomic mass is 32.2. The quantitative estimate of drug-likeness (QED) is 0.637. The minimum absolute atomic E-state index is 0.105. The maximum Gasteiger partial charge on any atom is 0.313 e. The molecule has 0 aromatic heterocycles. The molecule has 0 aliphatic heterocycles. The Morgan fingerprint density at radius 3 is 2.40 bits per heavy atom. The molecule has 0 radical (unpaired) electrons. The Bertz CT molecular complexity index is 858. The van der Waals surface area contributed by atoms with Crippen molar-refractivity contribution in [3.05, 3.63) is 36.4 Å². The normalized spacial score (nSPS) is 12.7. The molecule has 0 bridgehead atoms. The number of benzene rings is 2. The first-order chi connectivity index (χ1) is 9.25. The Hall–Kier alpha value is -1.52. The molecule has 0 fully saturated rings. The van der Waals surface area contributed by atoms with Crippen LogP contribution in [0.15, 0.2) is 46.2 Å². The summed E-state index contributed by atoms with van der Waals surface area (Å²) in [7, 11) is -7.05. The Morgan fingerprint density at radius 1 is 1.10 bits per heavy atom. The van der Waals surface area contributed by atoms with E-state index in [9.17, 15) is 16.8 Å². The molecule has 7 nitrogen and oxygen atoms in total. The molecule has 2 rings (SSSR count). The second-order valence-electron chi connectivity index (χ2n) is 3.86. The zero-order valence-corrected chi connectivity index (χ0v) is 11.9. The van der Waals surface area contributed by atoms with Crippen LogP contribution in [-0.2, 0) is 24.5 Å². The summed E-state index contributed by atoms with van der Waals surface area (Å²) in [6, 6.07) is 7.91. The SMILES string of the molecule is CNOS(=O)(=O)c1cccc2cc(S(=O)(=O)O)ccc12. The van der Waals surface area contributed by atoms with Gasteiger partial charge in [0.05, 0.1) is 4.90 Å². The van der Waals surface area contributed by atoms with Gasteiger partial charge in [0.1, 0.15) is 4.90 Å². The van der Waals surface area contributed by atoms with Gasteiger partial charge >= 0.3 is 10.1 Å². The summed E-state index contributed by atoms with van der Waals surface area (Å²) in [5.41, 5.74) is 2.08. The molecule has 0 amide bonds. The first-order valence-corrected chi connectivity index (χ1v) is 8.21.